The lowest BCUT2D eigenvalue weighted by atomic mass is 10.1. The number of benzene rings is 1. The molecule has 0 saturated carbocycles. The molecule has 2 aliphatic rings. The molecule has 25 heavy (non-hydrogen) atoms. The van der Waals surface area contributed by atoms with Crippen molar-refractivity contribution < 1.29 is 4.79 Å². The minimum atomic E-state index is 0.157. The molecule has 2 aromatic rings. The van der Waals surface area contributed by atoms with Crippen molar-refractivity contribution >= 4 is 11.9 Å². The van der Waals surface area contributed by atoms with Gasteiger partial charge in [0.15, 0.2) is 0 Å². The van der Waals surface area contributed by atoms with Crippen molar-refractivity contribution in [1.82, 2.24) is 20.2 Å². The topological polar surface area (TPSA) is 61.4 Å². The number of hydrogen-bond donors (Lipinski definition) is 1. The van der Waals surface area contributed by atoms with Gasteiger partial charge in [0, 0.05) is 44.5 Å². The van der Waals surface area contributed by atoms with Crippen LogP contribution in [0.4, 0.5) is 5.95 Å². The lowest BCUT2D eigenvalue weighted by Crippen LogP contribution is -2.51. The van der Waals surface area contributed by atoms with Crippen LogP contribution in [0.2, 0.25) is 0 Å². The van der Waals surface area contributed by atoms with E-state index in [4.69, 9.17) is 4.98 Å². The molecule has 2 saturated heterocycles. The largest absolute Gasteiger partial charge is 0.339 e. The fourth-order valence-corrected chi connectivity index (χ4v) is 3.52. The van der Waals surface area contributed by atoms with Gasteiger partial charge in [-0.3, -0.25) is 4.79 Å². The van der Waals surface area contributed by atoms with E-state index in [0.29, 0.717) is 5.91 Å². The van der Waals surface area contributed by atoms with Crippen LogP contribution in [0, 0.1) is 5.92 Å². The molecule has 6 heteroatoms. The molecule has 0 bridgehead atoms. The summed E-state index contributed by atoms with van der Waals surface area (Å²) in [7, 11) is 0. The van der Waals surface area contributed by atoms with Crippen LogP contribution < -0.4 is 10.2 Å². The summed E-state index contributed by atoms with van der Waals surface area (Å²) in [5.74, 6) is 1.20. The van der Waals surface area contributed by atoms with E-state index in [0.717, 1.165) is 62.9 Å². The molecule has 0 spiro atoms. The van der Waals surface area contributed by atoms with E-state index in [1.165, 1.54) is 0 Å². The van der Waals surface area contributed by atoms with Gasteiger partial charge in [-0.1, -0.05) is 30.3 Å². The second-order valence-electron chi connectivity index (χ2n) is 6.61. The van der Waals surface area contributed by atoms with Crippen molar-refractivity contribution in [3.05, 3.63) is 42.6 Å². The standard InChI is InChI=1S/C19H23N5O/c25-18(16-6-8-20-14-16)23-10-12-24(13-11-23)19-21-9-7-17(22-19)15-4-2-1-3-5-15/h1-5,7,9,16,20H,6,8,10-14H2. The third kappa shape index (κ3) is 3.49. The molecule has 1 aromatic heterocycles. The minimum absolute atomic E-state index is 0.157. The van der Waals surface area contributed by atoms with E-state index >= 15 is 0 Å². The minimum Gasteiger partial charge on any atom is -0.339 e. The Morgan fingerprint density at radius 3 is 2.60 bits per heavy atom. The molecule has 1 aromatic carbocycles. The number of aromatic nitrogens is 2. The van der Waals surface area contributed by atoms with Gasteiger partial charge >= 0.3 is 0 Å². The summed E-state index contributed by atoms with van der Waals surface area (Å²) in [5, 5.41) is 3.27. The van der Waals surface area contributed by atoms with E-state index in [1.807, 2.05) is 35.4 Å². The van der Waals surface area contributed by atoms with Crippen molar-refractivity contribution in [1.29, 1.82) is 0 Å². The molecule has 1 atom stereocenters. The monoisotopic (exact) mass is 337 g/mol. The van der Waals surface area contributed by atoms with Crippen LogP contribution in [-0.4, -0.2) is 60.0 Å². The lowest BCUT2D eigenvalue weighted by molar-refractivity contribution is -0.135. The zero-order valence-corrected chi connectivity index (χ0v) is 14.3. The van der Waals surface area contributed by atoms with Crippen LogP contribution >= 0.6 is 0 Å². The first-order chi connectivity index (χ1) is 12.3. The van der Waals surface area contributed by atoms with Gasteiger partial charge in [-0.2, -0.15) is 0 Å². The smallest absolute Gasteiger partial charge is 0.227 e. The van der Waals surface area contributed by atoms with E-state index in [9.17, 15) is 4.79 Å². The number of carbonyl (C=O) groups is 1. The number of anilines is 1. The first-order valence-electron chi connectivity index (χ1n) is 8.94. The lowest BCUT2D eigenvalue weighted by Gasteiger charge is -2.36. The van der Waals surface area contributed by atoms with Crippen molar-refractivity contribution in [2.45, 2.75) is 6.42 Å². The summed E-state index contributed by atoms with van der Waals surface area (Å²) in [6.45, 7) is 4.83. The van der Waals surface area contributed by atoms with Gasteiger partial charge < -0.3 is 15.1 Å². The Morgan fingerprint density at radius 2 is 1.88 bits per heavy atom. The second-order valence-corrected chi connectivity index (χ2v) is 6.61. The number of nitrogens with zero attached hydrogens (tertiary/aromatic N) is 4. The Hall–Kier alpha value is -2.47. The molecule has 1 amide bonds. The highest BCUT2D eigenvalue weighted by atomic mass is 16.2. The molecule has 4 rings (SSSR count). The molecule has 1 N–H and O–H groups in total. The normalized spacial score (nSPS) is 20.7. The predicted molar refractivity (Wildman–Crippen MR) is 97.2 cm³/mol. The van der Waals surface area contributed by atoms with Gasteiger partial charge in [0.1, 0.15) is 0 Å². The fraction of sp³-hybridized carbons (Fsp3) is 0.421. The van der Waals surface area contributed by atoms with Crippen LogP contribution in [0.3, 0.4) is 0 Å². The van der Waals surface area contributed by atoms with Crippen molar-refractivity contribution in [3.63, 3.8) is 0 Å². The Kier molecular flexibility index (Phi) is 4.61. The number of carbonyl (C=O) groups excluding carboxylic acids is 1. The zero-order chi connectivity index (χ0) is 17.1. The second kappa shape index (κ2) is 7.19. The first kappa shape index (κ1) is 16.0. The number of nitrogens with one attached hydrogen (secondary N) is 1. The molecular weight excluding hydrogens is 314 g/mol. The highest BCUT2D eigenvalue weighted by Gasteiger charge is 2.29. The zero-order valence-electron chi connectivity index (χ0n) is 14.3. The van der Waals surface area contributed by atoms with Gasteiger partial charge in [-0.25, -0.2) is 9.97 Å². The maximum Gasteiger partial charge on any atom is 0.227 e. The molecular formula is C19H23N5O. The van der Waals surface area contributed by atoms with E-state index in [-0.39, 0.29) is 5.92 Å². The fourth-order valence-electron chi connectivity index (χ4n) is 3.52. The summed E-state index contributed by atoms with van der Waals surface area (Å²) in [4.78, 5) is 25.8. The Bertz CT molecular complexity index is 722. The summed E-state index contributed by atoms with van der Waals surface area (Å²) in [6.07, 6.45) is 2.77. The Balaban J connectivity index is 1.42. The van der Waals surface area contributed by atoms with Gasteiger partial charge in [0.25, 0.3) is 0 Å². The Morgan fingerprint density at radius 1 is 1.08 bits per heavy atom. The third-order valence-corrected chi connectivity index (χ3v) is 5.00. The highest BCUT2D eigenvalue weighted by Crippen LogP contribution is 2.20. The Labute approximate surface area is 147 Å². The van der Waals surface area contributed by atoms with Crippen molar-refractivity contribution in [2.75, 3.05) is 44.2 Å². The van der Waals surface area contributed by atoms with Crippen LogP contribution in [0.25, 0.3) is 11.3 Å². The van der Waals surface area contributed by atoms with Crippen LogP contribution in [0.1, 0.15) is 6.42 Å². The number of hydrogen-bond acceptors (Lipinski definition) is 5. The van der Waals surface area contributed by atoms with Gasteiger partial charge in [-0.15, -0.1) is 0 Å². The van der Waals surface area contributed by atoms with E-state index in [2.05, 4.69) is 27.3 Å². The van der Waals surface area contributed by atoms with Gasteiger partial charge in [0.05, 0.1) is 11.6 Å². The number of rotatable bonds is 3. The molecule has 2 fully saturated rings. The van der Waals surface area contributed by atoms with Crippen LogP contribution in [0.15, 0.2) is 42.6 Å². The van der Waals surface area contributed by atoms with Crippen molar-refractivity contribution in [2.24, 2.45) is 5.92 Å². The van der Waals surface area contributed by atoms with E-state index < -0.39 is 0 Å². The predicted octanol–water partition coefficient (Wildman–Crippen LogP) is 1.40. The van der Waals surface area contributed by atoms with Crippen LogP contribution in [0.5, 0.6) is 0 Å². The molecule has 1 unspecified atom stereocenters. The summed E-state index contributed by atoms with van der Waals surface area (Å²) >= 11 is 0. The van der Waals surface area contributed by atoms with E-state index in [1.54, 1.807) is 0 Å². The first-order valence-corrected chi connectivity index (χ1v) is 8.94. The van der Waals surface area contributed by atoms with Gasteiger partial charge in [-0.05, 0) is 19.0 Å². The molecule has 3 heterocycles. The average Bonchev–Trinajstić information content (AvgIpc) is 3.23. The quantitative estimate of drug-likeness (QED) is 0.917. The number of piperazine rings is 1. The third-order valence-electron chi connectivity index (χ3n) is 5.00. The maximum absolute atomic E-state index is 12.5. The van der Waals surface area contributed by atoms with Crippen LogP contribution in [-0.2, 0) is 4.79 Å². The summed E-state index contributed by atoms with van der Waals surface area (Å²) < 4.78 is 0. The highest BCUT2D eigenvalue weighted by molar-refractivity contribution is 5.79. The molecule has 6 nitrogen and oxygen atoms in total. The molecule has 130 valence electrons. The molecule has 2 aliphatic heterocycles. The summed E-state index contributed by atoms with van der Waals surface area (Å²) in [5.41, 5.74) is 2.02. The molecule has 0 aliphatic carbocycles. The van der Waals surface area contributed by atoms with Crippen molar-refractivity contribution in [3.8, 4) is 11.3 Å². The SMILES string of the molecule is O=C(C1CCNC1)N1CCN(c2nccc(-c3ccccc3)n2)CC1. The average molecular weight is 337 g/mol. The number of amides is 1. The molecule has 0 radical (unpaired) electrons. The summed E-state index contributed by atoms with van der Waals surface area (Å²) in [6, 6.07) is 12.1. The van der Waals surface area contributed by atoms with Gasteiger partial charge in [0.2, 0.25) is 11.9 Å². The maximum atomic E-state index is 12.5.